The summed E-state index contributed by atoms with van der Waals surface area (Å²) in [6.07, 6.45) is 3.77. The first-order valence-corrected chi connectivity index (χ1v) is 9.13. The van der Waals surface area contributed by atoms with Crippen LogP contribution in [0.2, 0.25) is 0 Å². The van der Waals surface area contributed by atoms with Gasteiger partial charge in [0, 0.05) is 31.5 Å². The van der Waals surface area contributed by atoms with E-state index in [1.807, 2.05) is 29.9 Å². The number of hydrogen-bond donors (Lipinski definition) is 0. The minimum Gasteiger partial charge on any atom is -0.353 e. The predicted molar refractivity (Wildman–Crippen MR) is 95.9 cm³/mol. The molecule has 0 spiro atoms. The van der Waals surface area contributed by atoms with E-state index in [2.05, 4.69) is 13.8 Å². The summed E-state index contributed by atoms with van der Waals surface area (Å²) in [4.78, 5) is 27.2. The lowest BCUT2D eigenvalue weighted by atomic mass is 10.2. The molecule has 1 aromatic rings. The fourth-order valence-corrected chi connectivity index (χ4v) is 2.95. The van der Waals surface area contributed by atoms with E-state index in [1.165, 1.54) is 4.90 Å². The van der Waals surface area contributed by atoms with Gasteiger partial charge in [-0.1, -0.05) is 37.0 Å². The van der Waals surface area contributed by atoms with Crippen LogP contribution in [0.1, 0.15) is 32.4 Å². The SMILES string of the molecule is CC(C)CN(Cc1cccn1C)C(=O)CN(C(=O)C(Cl)Cl)C1CC1. The highest BCUT2D eigenvalue weighted by Gasteiger charge is 2.36. The zero-order valence-electron chi connectivity index (χ0n) is 14.4. The summed E-state index contributed by atoms with van der Waals surface area (Å²) in [6, 6.07) is 4.05. The second kappa shape index (κ2) is 8.26. The lowest BCUT2D eigenvalue weighted by Crippen LogP contribution is -2.46. The maximum Gasteiger partial charge on any atom is 0.256 e. The van der Waals surface area contributed by atoms with Crippen molar-refractivity contribution >= 4 is 35.0 Å². The van der Waals surface area contributed by atoms with Crippen molar-refractivity contribution in [2.45, 2.75) is 44.1 Å². The number of amides is 2. The Morgan fingerprint density at radius 3 is 2.46 bits per heavy atom. The molecule has 1 aliphatic rings. The molecule has 0 unspecified atom stereocenters. The third-order valence-corrected chi connectivity index (χ3v) is 4.48. The highest BCUT2D eigenvalue weighted by Crippen LogP contribution is 2.28. The molecule has 0 aromatic carbocycles. The summed E-state index contributed by atoms with van der Waals surface area (Å²) in [6.45, 7) is 5.35. The van der Waals surface area contributed by atoms with Gasteiger partial charge in [0.05, 0.1) is 6.54 Å². The van der Waals surface area contributed by atoms with Crippen molar-refractivity contribution in [2.24, 2.45) is 13.0 Å². The predicted octanol–water partition coefficient (Wildman–Crippen LogP) is 2.80. The van der Waals surface area contributed by atoms with Crippen LogP contribution < -0.4 is 0 Å². The Morgan fingerprint density at radius 2 is 2.00 bits per heavy atom. The Morgan fingerprint density at radius 1 is 1.33 bits per heavy atom. The van der Waals surface area contributed by atoms with E-state index in [9.17, 15) is 9.59 Å². The minimum atomic E-state index is -1.12. The maximum absolute atomic E-state index is 12.8. The van der Waals surface area contributed by atoms with Crippen molar-refractivity contribution in [3.8, 4) is 0 Å². The van der Waals surface area contributed by atoms with Gasteiger partial charge in [0.1, 0.15) is 6.54 Å². The van der Waals surface area contributed by atoms with E-state index in [-0.39, 0.29) is 24.4 Å². The fraction of sp³-hybridized carbons (Fsp3) is 0.647. The van der Waals surface area contributed by atoms with Crippen LogP contribution in [0.25, 0.3) is 0 Å². The molecule has 0 bridgehead atoms. The van der Waals surface area contributed by atoms with Crippen LogP contribution >= 0.6 is 23.2 Å². The number of alkyl halides is 2. The Bertz CT molecular complexity index is 582. The molecular weight excluding hydrogens is 349 g/mol. The summed E-state index contributed by atoms with van der Waals surface area (Å²) in [7, 11) is 1.96. The Labute approximate surface area is 153 Å². The molecule has 1 saturated carbocycles. The average Bonchev–Trinajstić information content (AvgIpc) is 3.26. The molecular formula is C17H25Cl2N3O2. The highest BCUT2D eigenvalue weighted by molar-refractivity contribution is 6.53. The Kier molecular flexibility index (Phi) is 6.58. The van der Waals surface area contributed by atoms with Gasteiger partial charge in [-0.25, -0.2) is 0 Å². The quantitative estimate of drug-likeness (QED) is 0.657. The molecule has 0 saturated heterocycles. The number of rotatable bonds is 8. The van der Waals surface area contributed by atoms with Crippen LogP contribution in [-0.4, -0.2) is 50.1 Å². The van der Waals surface area contributed by atoms with Gasteiger partial charge in [-0.05, 0) is 30.9 Å². The minimum absolute atomic E-state index is 0.0383. The number of hydrogen-bond acceptors (Lipinski definition) is 2. The van der Waals surface area contributed by atoms with Gasteiger partial charge in [0.2, 0.25) is 5.91 Å². The molecule has 0 aliphatic heterocycles. The van der Waals surface area contributed by atoms with Gasteiger partial charge in [0.15, 0.2) is 4.84 Å². The highest BCUT2D eigenvalue weighted by atomic mass is 35.5. The molecule has 1 fully saturated rings. The topological polar surface area (TPSA) is 45.6 Å². The van der Waals surface area contributed by atoms with E-state index >= 15 is 0 Å². The van der Waals surface area contributed by atoms with Gasteiger partial charge in [0.25, 0.3) is 5.91 Å². The van der Waals surface area contributed by atoms with Crippen molar-refractivity contribution in [2.75, 3.05) is 13.1 Å². The van der Waals surface area contributed by atoms with Gasteiger partial charge >= 0.3 is 0 Å². The molecule has 24 heavy (non-hydrogen) atoms. The number of carbonyl (C=O) groups is 2. The molecule has 0 N–H and O–H groups in total. The first-order chi connectivity index (χ1) is 11.3. The monoisotopic (exact) mass is 373 g/mol. The summed E-state index contributed by atoms with van der Waals surface area (Å²) in [5, 5.41) is 0. The molecule has 134 valence electrons. The summed E-state index contributed by atoms with van der Waals surface area (Å²) < 4.78 is 2.00. The van der Waals surface area contributed by atoms with Crippen LogP contribution in [0, 0.1) is 5.92 Å². The third-order valence-electron chi connectivity index (χ3n) is 4.11. The largest absolute Gasteiger partial charge is 0.353 e. The van der Waals surface area contributed by atoms with E-state index in [1.54, 1.807) is 4.90 Å². The summed E-state index contributed by atoms with van der Waals surface area (Å²) >= 11 is 11.4. The lowest BCUT2D eigenvalue weighted by Gasteiger charge is -2.29. The Hall–Kier alpha value is -1.20. The van der Waals surface area contributed by atoms with Crippen LogP contribution in [0.4, 0.5) is 0 Å². The second-order valence-electron chi connectivity index (χ2n) is 6.78. The average molecular weight is 374 g/mol. The molecule has 0 atom stereocenters. The first kappa shape index (κ1) is 19.1. The van der Waals surface area contributed by atoms with Crippen molar-refractivity contribution in [3.05, 3.63) is 24.0 Å². The fourth-order valence-electron chi connectivity index (χ4n) is 2.70. The zero-order valence-corrected chi connectivity index (χ0v) is 15.9. The van der Waals surface area contributed by atoms with Crippen molar-refractivity contribution in [1.29, 1.82) is 0 Å². The zero-order chi connectivity index (χ0) is 17.9. The summed E-state index contributed by atoms with van der Waals surface area (Å²) in [5.41, 5.74) is 1.06. The molecule has 1 aromatic heterocycles. The molecule has 1 heterocycles. The smallest absolute Gasteiger partial charge is 0.256 e. The van der Waals surface area contributed by atoms with Crippen LogP contribution in [0.5, 0.6) is 0 Å². The standard InChI is InChI=1S/C17H25Cl2N3O2/c1-12(2)9-21(10-14-5-4-8-20(14)3)15(23)11-22(13-6-7-13)17(24)16(18)19/h4-5,8,12-13,16H,6-7,9-11H2,1-3H3. The first-order valence-electron chi connectivity index (χ1n) is 8.26. The van der Waals surface area contributed by atoms with Gasteiger partial charge in [-0.15, -0.1) is 0 Å². The maximum atomic E-state index is 12.8. The van der Waals surface area contributed by atoms with Gasteiger partial charge < -0.3 is 14.4 Å². The van der Waals surface area contributed by atoms with E-state index in [0.717, 1.165) is 18.5 Å². The normalized spacial score (nSPS) is 14.3. The summed E-state index contributed by atoms with van der Waals surface area (Å²) in [5.74, 6) is -0.107. The van der Waals surface area contributed by atoms with E-state index in [4.69, 9.17) is 23.2 Å². The lowest BCUT2D eigenvalue weighted by molar-refractivity contribution is -0.140. The van der Waals surface area contributed by atoms with Gasteiger partial charge in [-0.3, -0.25) is 9.59 Å². The molecule has 2 amide bonds. The molecule has 7 heteroatoms. The number of aromatic nitrogens is 1. The van der Waals surface area contributed by atoms with Crippen molar-refractivity contribution in [3.63, 3.8) is 0 Å². The van der Waals surface area contributed by atoms with Crippen molar-refractivity contribution in [1.82, 2.24) is 14.4 Å². The Balaban J connectivity index is 2.08. The number of halogens is 2. The van der Waals surface area contributed by atoms with Crippen LogP contribution in [0.15, 0.2) is 18.3 Å². The van der Waals surface area contributed by atoms with Crippen LogP contribution in [-0.2, 0) is 23.2 Å². The van der Waals surface area contributed by atoms with Crippen LogP contribution in [0.3, 0.4) is 0 Å². The molecule has 1 aliphatic carbocycles. The van der Waals surface area contributed by atoms with Crippen molar-refractivity contribution < 1.29 is 9.59 Å². The molecule has 0 radical (unpaired) electrons. The number of carbonyl (C=O) groups excluding carboxylic acids is 2. The van der Waals surface area contributed by atoms with Gasteiger partial charge in [-0.2, -0.15) is 0 Å². The molecule has 5 nitrogen and oxygen atoms in total. The second-order valence-corrected chi connectivity index (χ2v) is 7.87. The number of nitrogens with zero attached hydrogens (tertiary/aromatic N) is 3. The number of aryl methyl sites for hydroxylation is 1. The third kappa shape index (κ3) is 5.15. The van der Waals surface area contributed by atoms with E-state index in [0.29, 0.717) is 19.0 Å². The molecule has 2 rings (SSSR count). The van der Waals surface area contributed by atoms with E-state index < -0.39 is 4.84 Å².